The fraction of sp³-hybridized carbons (Fsp3) is 0.714. The van der Waals surface area contributed by atoms with Gasteiger partial charge in [-0.2, -0.15) is 0 Å². The fourth-order valence-electron chi connectivity index (χ4n) is 2.22. The van der Waals surface area contributed by atoms with Crippen molar-refractivity contribution >= 4 is 23.9 Å². The molecule has 1 aliphatic rings. The van der Waals surface area contributed by atoms with Gasteiger partial charge in [0.1, 0.15) is 12.7 Å². The molecule has 24 heavy (non-hydrogen) atoms. The highest BCUT2D eigenvalue weighted by Crippen LogP contribution is 2.29. The molecule has 1 rings (SSSR count). The third-order valence-electron chi connectivity index (χ3n) is 2.96. The summed E-state index contributed by atoms with van der Waals surface area (Å²) in [6, 6.07) is 0. The Hall–Kier alpha value is -2.20. The largest absolute Gasteiger partial charge is 0.462 e. The molecule has 0 amide bonds. The highest BCUT2D eigenvalue weighted by molar-refractivity contribution is 5.68. The summed E-state index contributed by atoms with van der Waals surface area (Å²) in [5.41, 5.74) is 0. The predicted molar refractivity (Wildman–Crippen MR) is 74.2 cm³/mol. The second kappa shape index (κ2) is 8.60. The van der Waals surface area contributed by atoms with E-state index in [9.17, 15) is 24.3 Å². The minimum absolute atomic E-state index is 0.392. The Balaban J connectivity index is 3.03. The number of aliphatic hydroxyl groups is 1. The Kier molecular flexibility index (Phi) is 7.11. The standard InChI is InChI=1S/C14H20O10/c1-6(15)20-5-10(21-7(2)16)11-12(22-8(3)17)13(14(19)24-11)23-9(4)18/h10-14,19H,5H2,1-4H3/t10-,11-,12-,13+,14?/m0/s1. The van der Waals surface area contributed by atoms with Crippen molar-refractivity contribution in [1.82, 2.24) is 0 Å². The molecule has 1 unspecified atom stereocenters. The maximum Gasteiger partial charge on any atom is 0.303 e. The Morgan fingerprint density at radius 1 is 0.917 bits per heavy atom. The van der Waals surface area contributed by atoms with Crippen LogP contribution >= 0.6 is 0 Å². The van der Waals surface area contributed by atoms with Crippen molar-refractivity contribution in [2.75, 3.05) is 6.61 Å². The molecule has 136 valence electrons. The van der Waals surface area contributed by atoms with Gasteiger partial charge in [-0.05, 0) is 0 Å². The molecule has 0 aromatic carbocycles. The van der Waals surface area contributed by atoms with Gasteiger partial charge in [-0.3, -0.25) is 19.2 Å². The summed E-state index contributed by atoms with van der Waals surface area (Å²) in [6.07, 6.45) is -6.55. The molecule has 0 aromatic heterocycles. The summed E-state index contributed by atoms with van der Waals surface area (Å²) in [6.45, 7) is 4.10. The molecule has 1 heterocycles. The maximum atomic E-state index is 11.3. The van der Waals surface area contributed by atoms with Gasteiger partial charge < -0.3 is 28.8 Å². The van der Waals surface area contributed by atoms with Gasteiger partial charge in [0.05, 0.1) is 0 Å². The third kappa shape index (κ3) is 5.78. The van der Waals surface area contributed by atoms with Crippen LogP contribution in [0, 0.1) is 0 Å². The van der Waals surface area contributed by atoms with E-state index in [1.807, 2.05) is 0 Å². The number of ether oxygens (including phenoxy) is 5. The number of esters is 4. The van der Waals surface area contributed by atoms with E-state index in [4.69, 9.17) is 23.7 Å². The summed E-state index contributed by atoms with van der Waals surface area (Å²) in [7, 11) is 0. The molecule has 0 radical (unpaired) electrons. The van der Waals surface area contributed by atoms with Crippen LogP contribution in [0.1, 0.15) is 27.7 Å². The van der Waals surface area contributed by atoms with E-state index in [2.05, 4.69) is 0 Å². The van der Waals surface area contributed by atoms with Crippen LogP contribution in [-0.4, -0.2) is 66.3 Å². The van der Waals surface area contributed by atoms with E-state index in [1.165, 1.54) is 0 Å². The van der Waals surface area contributed by atoms with Gasteiger partial charge in [-0.1, -0.05) is 0 Å². The lowest BCUT2D eigenvalue weighted by atomic mass is 10.1. The number of hydrogen-bond donors (Lipinski definition) is 1. The van der Waals surface area contributed by atoms with Crippen LogP contribution < -0.4 is 0 Å². The molecule has 0 bridgehead atoms. The topological polar surface area (TPSA) is 135 Å². The highest BCUT2D eigenvalue weighted by Gasteiger charge is 2.52. The van der Waals surface area contributed by atoms with Crippen LogP contribution in [0.3, 0.4) is 0 Å². The number of rotatable bonds is 6. The smallest absolute Gasteiger partial charge is 0.303 e. The lowest BCUT2D eigenvalue weighted by Gasteiger charge is -2.27. The molecular formula is C14H20O10. The molecule has 0 aliphatic carbocycles. The number of hydrogen-bond acceptors (Lipinski definition) is 10. The maximum absolute atomic E-state index is 11.3. The molecular weight excluding hydrogens is 328 g/mol. The Bertz CT molecular complexity index is 502. The summed E-state index contributed by atoms with van der Waals surface area (Å²) >= 11 is 0. The van der Waals surface area contributed by atoms with Crippen LogP contribution in [0.5, 0.6) is 0 Å². The summed E-state index contributed by atoms with van der Waals surface area (Å²) in [5.74, 6) is -2.80. The van der Waals surface area contributed by atoms with Gasteiger partial charge in [0.2, 0.25) is 0 Å². The summed E-state index contributed by atoms with van der Waals surface area (Å²) in [4.78, 5) is 44.7. The van der Waals surface area contributed by atoms with Gasteiger partial charge in [0, 0.05) is 27.7 Å². The van der Waals surface area contributed by atoms with Crippen molar-refractivity contribution in [2.45, 2.75) is 58.4 Å². The monoisotopic (exact) mass is 348 g/mol. The molecule has 5 atom stereocenters. The van der Waals surface area contributed by atoms with E-state index in [0.29, 0.717) is 0 Å². The van der Waals surface area contributed by atoms with E-state index < -0.39 is 61.2 Å². The van der Waals surface area contributed by atoms with Gasteiger partial charge in [-0.25, -0.2) is 0 Å². The van der Waals surface area contributed by atoms with E-state index in [1.54, 1.807) is 0 Å². The number of aliphatic hydroxyl groups excluding tert-OH is 1. The Morgan fingerprint density at radius 3 is 1.92 bits per heavy atom. The molecule has 1 aliphatic heterocycles. The summed E-state index contributed by atoms with van der Waals surface area (Å²) in [5, 5.41) is 9.91. The van der Waals surface area contributed by atoms with Crippen LogP contribution in [-0.2, 0) is 42.9 Å². The van der Waals surface area contributed by atoms with Gasteiger partial charge in [-0.15, -0.1) is 0 Å². The second-order valence-electron chi connectivity index (χ2n) is 5.09. The van der Waals surface area contributed by atoms with E-state index in [0.717, 1.165) is 27.7 Å². The predicted octanol–water partition coefficient (Wildman–Crippen LogP) is -0.938. The normalized spacial score (nSPS) is 27.0. The van der Waals surface area contributed by atoms with Gasteiger partial charge in [0.25, 0.3) is 0 Å². The molecule has 0 spiro atoms. The van der Waals surface area contributed by atoms with Crippen molar-refractivity contribution < 1.29 is 48.0 Å². The molecule has 10 heteroatoms. The Labute approximate surface area is 137 Å². The van der Waals surface area contributed by atoms with Gasteiger partial charge >= 0.3 is 23.9 Å². The van der Waals surface area contributed by atoms with Crippen molar-refractivity contribution in [1.29, 1.82) is 0 Å². The first-order valence-corrected chi connectivity index (χ1v) is 7.10. The minimum Gasteiger partial charge on any atom is -0.462 e. The van der Waals surface area contributed by atoms with Crippen molar-refractivity contribution in [2.24, 2.45) is 0 Å². The average Bonchev–Trinajstić information content (AvgIpc) is 2.70. The first-order valence-electron chi connectivity index (χ1n) is 7.10. The number of carbonyl (C=O) groups excluding carboxylic acids is 4. The highest BCUT2D eigenvalue weighted by atomic mass is 16.7. The average molecular weight is 348 g/mol. The van der Waals surface area contributed by atoms with Crippen LogP contribution in [0.2, 0.25) is 0 Å². The molecule has 10 nitrogen and oxygen atoms in total. The first-order chi connectivity index (χ1) is 11.1. The number of carbonyl (C=O) groups is 4. The first kappa shape index (κ1) is 19.8. The molecule has 1 fully saturated rings. The molecule has 1 N–H and O–H groups in total. The SMILES string of the molecule is CC(=O)OC[C@H](OC(C)=O)[C@@H]1OC(O)[C@H](OC(C)=O)[C@H]1OC(C)=O. The minimum atomic E-state index is -1.61. The lowest BCUT2D eigenvalue weighted by molar-refractivity contribution is -0.184. The fourth-order valence-corrected chi connectivity index (χ4v) is 2.22. The molecule has 1 saturated heterocycles. The zero-order valence-electron chi connectivity index (χ0n) is 13.7. The summed E-state index contributed by atoms with van der Waals surface area (Å²) < 4.78 is 25.0. The zero-order chi connectivity index (χ0) is 18.4. The van der Waals surface area contributed by atoms with Crippen LogP contribution in [0.15, 0.2) is 0 Å². The van der Waals surface area contributed by atoms with Crippen LogP contribution in [0.25, 0.3) is 0 Å². The second-order valence-corrected chi connectivity index (χ2v) is 5.09. The van der Waals surface area contributed by atoms with Gasteiger partial charge in [0.15, 0.2) is 24.6 Å². The third-order valence-corrected chi connectivity index (χ3v) is 2.96. The lowest BCUT2D eigenvalue weighted by Crippen LogP contribution is -2.46. The van der Waals surface area contributed by atoms with Crippen molar-refractivity contribution in [3.63, 3.8) is 0 Å². The van der Waals surface area contributed by atoms with Crippen molar-refractivity contribution in [3.05, 3.63) is 0 Å². The van der Waals surface area contributed by atoms with E-state index >= 15 is 0 Å². The molecule has 0 saturated carbocycles. The Morgan fingerprint density at radius 2 is 1.46 bits per heavy atom. The molecule has 0 aromatic rings. The van der Waals surface area contributed by atoms with Crippen molar-refractivity contribution in [3.8, 4) is 0 Å². The van der Waals surface area contributed by atoms with Crippen LogP contribution in [0.4, 0.5) is 0 Å². The quantitative estimate of drug-likeness (QED) is 0.473. The zero-order valence-corrected chi connectivity index (χ0v) is 13.7. The van der Waals surface area contributed by atoms with E-state index in [-0.39, 0.29) is 0 Å².